The van der Waals surface area contributed by atoms with E-state index in [1.807, 2.05) is 13.1 Å². The zero-order valence-electron chi connectivity index (χ0n) is 9.06. The average Bonchev–Trinajstić information content (AvgIpc) is 2.16. The number of rotatable bonds is 4. The summed E-state index contributed by atoms with van der Waals surface area (Å²) in [5.74, 6) is -0.889. The lowest BCUT2D eigenvalue weighted by Crippen LogP contribution is -2.29. The van der Waals surface area contributed by atoms with E-state index in [-0.39, 0.29) is 6.42 Å². The van der Waals surface area contributed by atoms with Crippen LogP contribution in [0.1, 0.15) is 12.8 Å². The number of nitrogens with zero attached hydrogens (tertiary/aromatic N) is 2. The Balaban J connectivity index is 2.75. The lowest BCUT2D eigenvalue weighted by Gasteiger charge is -2.23. The molecule has 1 rings (SSSR count). The third-order valence-electron chi connectivity index (χ3n) is 2.23. The highest BCUT2D eigenvalue weighted by atomic mass is 16.6. The smallest absolute Gasteiger partial charge is 0.309 e. The van der Waals surface area contributed by atoms with Gasteiger partial charge in [-0.3, -0.25) is 4.79 Å². The molecule has 5 nitrogen and oxygen atoms in total. The quantitative estimate of drug-likeness (QED) is 0.551. The normalized spacial score (nSPS) is 18.5. The molecule has 0 aromatic rings. The number of hydrogen-bond acceptors (Lipinski definition) is 4. The Morgan fingerprint density at radius 2 is 2.47 bits per heavy atom. The van der Waals surface area contributed by atoms with Crippen LogP contribution in [0.5, 0.6) is 0 Å². The van der Waals surface area contributed by atoms with Gasteiger partial charge in [0.2, 0.25) is 0 Å². The maximum atomic E-state index is 10.6. The lowest BCUT2D eigenvalue weighted by atomic mass is 10.0. The predicted molar refractivity (Wildman–Crippen MR) is 56.9 cm³/mol. The van der Waals surface area contributed by atoms with Crippen molar-refractivity contribution >= 4 is 11.7 Å². The Bertz CT molecular complexity index is 297. The minimum absolute atomic E-state index is 0.0898. The molecule has 1 N–H and O–H groups in total. The zero-order valence-corrected chi connectivity index (χ0v) is 9.06. The molecule has 0 aliphatic carbocycles. The van der Waals surface area contributed by atoms with Crippen molar-refractivity contribution in [2.24, 2.45) is 5.16 Å². The average molecular weight is 212 g/mol. The van der Waals surface area contributed by atoms with Gasteiger partial charge in [0.05, 0.1) is 12.1 Å². The highest BCUT2D eigenvalue weighted by Gasteiger charge is 2.16. The Labute approximate surface area is 89.0 Å². The molecule has 0 saturated carbocycles. The Kier molecular flexibility index (Phi) is 4.30. The number of hydrogen-bond donors (Lipinski definition) is 1. The summed E-state index contributed by atoms with van der Waals surface area (Å²) in [4.78, 5) is 17.4. The van der Waals surface area contributed by atoms with Crippen molar-refractivity contribution in [3.63, 3.8) is 0 Å². The monoisotopic (exact) mass is 212 g/mol. The van der Waals surface area contributed by atoms with Crippen LogP contribution in [0.2, 0.25) is 0 Å². The second-order valence-electron chi connectivity index (χ2n) is 3.55. The minimum Gasteiger partial charge on any atom is -0.481 e. The van der Waals surface area contributed by atoms with E-state index in [2.05, 4.69) is 14.9 Å². The van der Waals surface area contributed by atoms with E-state index in [0.29, 0.717) is 5.71 Å². The van der Waals surface area contributed by atoms with Crippen molar-refractivity contribution in [2.75, 3.05) is 27.2 Å². The van der Waals surface area contributed by atoms with Gasteiger partial charge in [0.1, 0.15) is 7.11 Å². The molecule has 0 spiro atoms. The van der Waals surface area contributed by atoms with Gasteiger partial charge in [-0.05, 0) is 19.0 Å². The molecular weight excluding hydrogens is 196 g/mol. The topological polar surface area (TPSA) is 62.1 Å². The second-order valence-corrected chi connectivity index (χ2v) is 3.55. The van der Waals surface area contributed by atoms with Crippen molar-refractivity contribution in [1.82, 2.24) is 4.90 Å². The number of oxime groups is 1. The lowest BCUT2D eigenvalue weighted by molar-refractivity contribution is -0.135. The Morgan fingerprint density at radius 3 is 3.00 bits per heavy atom. The fourth-order valence-corrected chi connectivity index (χ4v) is 1.56. The summed E-state index contributed by atoms with van der Waals surface area (Å²) in [7, 11) is 3.42. The van der Waals surface area contributed by atoms with Crippen molar-refractivity contribution in [3.05, 3.63) is 11.6 Å². The van der Waals surface area contributed by atoms with E-state index in [4.69, 9.17) is 5.11 Å². The third kappa shape index (κ3) is 3.71. The first-order valence-electron chi connectivity index (χ1n) is 4.83. The third-order valence-corrected chi connectivity index (χ3v) is 2.23. The molecule has 5 heteroatoms. The van der Waals surface area contributed by atoms with Gasteiger partial charge in [0.15, 0.2) is 0 Å². The largest absolute Gasteiger partial charge is 0.481 e. The zero-order chi connectivity index (χ0) is 11.3. The molecule has 0 radical (unpaired) electrons. The fraction of sp³-hybridized carbons (Fsp3) is 0.600. The van der Waals surface area contributed by atoms with Gasteiger partial charge in [-0.25, -0.2) is 0 Å². The van der Waals surface area contributed by atoms with E-state index in [1.165, 1.54) is 7.11 Å². The first-order valence-corrected chi connectivity index (χ1v) is 4.83. The summed E-state index contributed by atoms with van der Waals surface area (Å²) < 4.78 is 0. The highest BCUT2D eigenvalue weighted by Crippen LogP contribution is 2.12. The molecule has 1 aliphatic heterocycles. The van der Waals surface area contributed by atoms with Gasteiger partial charge in [-0.1, -0.05) is 11.2 Å². The number of likely N-dealkylation sites (N-methyl/N-ethyl adjacent to an activating group) is 1. The van der Waals surface area contributed by atoms with Crippen LogP contribution >= 0.6 is 0 Å². The molecule has 84 valence electrons. The molecule has 0 amide bonds. The highest BCUT2D eigenvalue weighted by molar-refractivity contribution is 6.08. The maximum absolute atomic E-state index is 10.6. The predicted octanol–water partition coefficient (Wildman–Crippen LogP) is 0.725. The summed E-state index contributed by atoms with van der Waals surface area (Å²) in [6.07, 6.45) is 2.86. The standard InChI is InChI=1S/C10H16N2O3/c1-12-5-3-4-8(7-12)9(11-15-2)6-10(13)14/h4H,3,5-7H2,1-2H3,(H,13,14)/b11-9-. The first-order chi connectivity index (χ1) is 7.13. The van der Waals surface area contributed by atoms with Gasteiger partial charge < -0.3 is 14.8 Å². The number of carboxylic acids is 1. The van der Waals surface area contributed by atoms with Gasteiger partial charge in [-0.15, -0.1) is 0 Å². The molecular formula is C10H16N2O3. The summed E-state index contributed by atoms with van der Waals surface area (Å²) in [5, 5.41) is 12.5. The van der Waals surface area contributed by atoms with Crippen LogP contribution in [0.4, 0.5) is 0 Å². The van der Waals surface area contributed by atoms with E-state index in [0.717, 1.165) is 25.1 Å². The van der Waals surface area contributed by atoms with Gasteiger partial charge in [0.25, 0.3) is 0 Å². The van der Waals surface area contributed by atoms with Gasteiger partial charge >= 0.3 is 5.97 Å². The molecule has 0 bridgehead atoms. The molecule has 0 unspecified atom stereocenters. The molecule has 0 aromatic heterocycles. The Morgan fingerprint density at radius 1 is 1.73 bits per heavy atom. The fourth-order valence-electron chi connectivity index (χ4n) is 1.56. The van der Waals surface area contributed by atoms with Gasteiger partial charge in [-0.2, -0.15) is 0 Å². The van der Waals surface area contributed by atoms with Crippen molar-refractivity contribution in [3.8, 4) is 0 Å². The van der Waals surface area contributed by atoms with E-state index in [9.17, 15) is 4.79 Å². The van der Waals surface area contributed by atoms with Crippen LogP contribution in [0.3, 0.4) is 0 Å². The van der Waals surface area contributed by atoms with E-state index < -0.39 is 5.97 Å². The molecule has 0 atom stereocenters. The van der Waals surface area contributed by atoms with E-state index in [1.54, 1.807) is 0 Å². The summed E-state index contributed by atoms with van der Waals surface area (Å²) in [6, 6.07) is 0. The first kappa shape index (κ1) is 11.7. The SMILES string of the molecule is CO/N=C(/CC(=O)O)C1=CCCN(C)C1. The molecule has 0 aromatic carbocycles. The minimum atomic E-state index is -0.889. The van der Waals surface area contributed by atoms with Crippen LogP contribution in [0.25, 0.3) is 0 Å². The molecule has 0 saturated heterocycles. The maximum Gasteiger partial charge on any atom is 0.309 e. The molecule has 15 heavy (non-hydrogen) atoms. The molecule has 0 fully saturated rings. The van der Waals surface area contributed by atoms with Crippen molar-refractivity contribution < 1.29 is 14.7 Å². The van der Waals surface area contributed by atoms with Crippen LogP contribution in [0, 0.1) is 0 Å². The van der Waals surface area contributed by atoms with E-state index >= 15 is 0 Å². The summed E-state index contributed by atoms with van der Waals surface area (Å²) in [6.45, 7) is 1.73. The van der Waals surface area contributed by atoms with Gasteiger partial charge in [0, 0.05) is 13.1 Å². The summed E-state index contributed by atoms with van der Waals surface area (Å²) in [5.41, 5.74) is 1.46. The molecule has 1 heterocycles. The van der Waals surface area contributed by atoms with Crippen LogP contribution in [-0.4, -0.2) is 48.9 Å². The molecule has 1 aliphatic rings. The van der Waals surface area contributed by atoms with Crippen molar-refractivity contribution in [1.29, 1.82) is 0 Å². The Hall–Kier alpha value is -1.36. The van der Waals surface area contributed by atoms with Crippen LogP contribution in [0.15, 0.2) is 16.8 Å². The number of aliphatic carboxylic acids is 1. The van der Waals surface area contributed by atoms with Crippen molar-refractivity contribution in [2.45, 2.75) is 12.8 Å². The second kappa shape index (κ2) is 5.50. The number of carbonyl (C=O) groups is 1. The van der Waals surface area contributed by atoms with Crippen LogP contribution < -0.4 is 0 Å². The number of carboxylic acid groups (broad SMARTS) is 1. The van der Waals surface area contributed by atoms with Crippen LogP contribution in [-0.2, 0) is 9.63 Å². The summed E-state index contributed by atoms with van der Waals surface area (Å²) >= 11 is 0.